The topological polar surface area (TPSA) is 20.2 Å². The fourth-order valence-corrected chi connectivity index (χ4v) is 5.38. The van der Waals surface area contributed by atoms with Crippen LogP contribution in [0.25, 0.3) is 0 Å². The fraction of sp³-hybridized carbons (Fsp3) is 0.714. The molecule has 1 aromatic rings. The maximum atomic E-state index is 10.7. The van der Waals surface area contributed by atoms with E-state index in [1.807, 2.05) is 0 Å². The summed E-state index contributed by atoms with van der Waals surface area (Å²) in [5.74, 6) is 2.73. The van der Waals surface area contributed by atoms with E-state index in [9.17, 15) is 5.11 Å². The number of hydrogen-bond acceptors (Lipinski definition) is 1. The van der Waals surface area contributed by atoms with Crippen LogP contribution in [-0.4, -0.2) is 5.11 Å². The number of phenols is 1. The molecule has 3 saturated carbocycles. The molecule has 0 unspecified atom stereocenters. The van der Waals surface area contributed by atoms with Crippen molar-refractivity contribution in [1.29, 1.82) is 0 Å². The highest BCUT2D eigenvalue weighted by Gasteiger charge is 2.29. The van der Waals surface area contributed by atoms with Crippen LogP contribution in [0.3, 0.4) is 0 Å². The van der Waals surface area contributed by atoms with Crippen molar-refractivity contribution in [2.45, 2.75) is 94.8 Å². The van der Waals surface area contributed by atoms with Gasteiger partial charge in [-0.25, -0.2) is 0 Å². The minimum absolute atomic E-state index is 0.607. The summed E-state index contributed by atoms with van der Waals surface area (Å²) in [7, 11) is 0. The molecule has 3 aliphatic rings. The van der Waals surface area contributed by atoms with E-state index in [1.165, 1.54) is 88.2 Å². The van der Waals surface area contributed by atoms with Crippen molar-refractivity contribution in [3.63, 3.8) is 0 Å². The predicted molar refractivity (Wildman–Crippen MR) is 91.7 cm³/mol. The third-order valence-corrected chi connectivity index (χ3v) is 6.62. The van der Waals surface area contributed by atoms with Crippen LogP contribution in [0.1, 0.15) is 111 Å². The Morgan fingerprint density at radius 1 is 0.545 bits per heavy atom. The largest absolute Gasteiger partial charge is 0.508 e. The molecule has 0 spiro atoms. The summed E-state index contributed by atoms with van der Waals surface area (Å²) < 4.78 is 0. The Hall–Kier alpha value is -0.980. The molecule has 0 amide bonds. The van der Waals surface area contributed by atoms with Gasteiger partial charge in [0, 0.05) is 0 Å². The Labute approximate surface area is 135 Å². The lowest BCUT2D eigenvalue weighted by Crippen LogP contribution is -2.06. The Bertz CT molecular complexity index is 515. The first-order valence-electron chi connectivity index (χ1n) is 9.69. The Morgan fingerprint density at radius 2 is 0.909 bits per heavy atom. The zero-order valence-electron chi connectivity index (χ0n) is 13.8. The summed E-state index contributed by atoms with van der Waals surface area (Å²) in [4.78, 5) is 0. The smallest absolute Gasteiger partial charge is 0.119 e. The molecule has 4 rings (SSSR count). The SMILES string of the molecule is Oc1cc(C2CCCC2)c(C2CCCC2)cc1C1CCCC1. The average molecular weight is 298 g/mol. The molecule has 0 heterocycles. The first kappa shape index (κ1) is 14.6. The van der Waals surface area contributed by atoms with Gasteiger partial charge in [0.25, 0.3) is 0 Å². The molecule has 3 aliphatic carbocycles. The lowest BCUT2D eigenvalue weighted by molar-refractivity contribution is 0.458. The quantitative estimate of drug-likeness (QED) is 0.688. The van der Waals surface area contributed by atoms with Crippen LogP contribution in [-0.2, 0) is 0 Å². The van der Waals surface area contributed by atoms with Crippen LogP contribution in [0.5, 0.6) is 5.75 Å². The van der Waals surface area contributed by atoms with Crippen LogP contribution in [0.2, 0.25) is 0 Å². The fourth-order valence-electron chi connectivity index (χ4n) is 5.38. The predicted octanol–water partition coefficient (Wildman–Crippen LogP) is 6.37. The normalized spacial score (nSPS) is 24.5. The van der Waals surface area contributed by atoms with E-state index < -0.39 is 0 Å². The van der Waals surface area contributed by atoms with Crippen molar-refractivity contribution in [2.24, 2.45) is 0 Å². The molecule has 1 N–H and O–H groups in total. The molecule has 22 heavy (non-hydrogen) atoms. The van der Waals surface area contributed by atoms with Gasteiger partial charge in [0.2, 0.25) is 0 Å². The van der Waals surface area contributed by atoms with Crippen molar-refractivity contribution in [1.82, 2.24) is 0 Å². The zero-order valence-corrected chi connectivity index (χ0v) is 13.8. The molecule has 0 atom stereocenters. The van der Waals surface area contributed by atoms with Gasteiger partial charge in [-0.15, -0.1) is 0 Å². The molecule has 1 nitrogen and oxygen atoms in total. The number of aromatic hydroxyl groups is 1. The third-order valence-electron chi connectivity index (χ3n) is 6.62. The number of benzene rings is 1. The Balaban J connectivity index is 1.74. The van der Waals surface area contributed by atoms with E-state index in [1.54, 1.807) is 5.56 Å². The minimum Gasteiger partial charge on any atom is -0.508 e. The average Bonchev–Trinajstić information content (AvgIpc) is 3.28. The molecule has 3 fully saturated rings. The van der Waals surface area contributed by atoms with Gasteiger partial charge in [-0.2, -0.15) is 0 Å². The van der Waals surface area contributed by atoms with Crippen LogP contribution >= 0.6 is 0 Å². The lowest BCUT2D eigenvalue weighted by atomic mass is 9.82. The van der Waals surface area contributed by atoms with E-state index in [2.05, 4.69) is 12.1 Å². The first-order chi connectivity index (χ1) is 10.8. The van der Waals surface area contributed by atoms with Gasteiger partial charge in [0.15, 0.2) is 0 Å². The van der Waals surface area contributed by atoms with E-state index in [0.29, 0.717) is 11.7 Å². The van der Waals surface area contributed by atoms with Gasteiger partial charge in [0.05, 0.1) is 0 Å². The summed E-state index contributed by atoms with van der Waals surface area (Å²) in [6.07, 6.45) is 16.2. The number of rotatable bonds is 3. The number of hydrogen-bond donors (Lipinski definition) is 1. The molecular weight excluding hydrogens is 268 g/mol. The first-order valence-corrected chi connectivity index (χ1v) is 9.69. The molecule has 0 bridgehead atoms. The van der Waals surface area contributed by atoms with Crippen molar-refractivity contribution >= 4 is 0 Å². The lowest BCUT2D eigenvalue weighted by Gasteiger charge is -2.24. The van der Waals surface area contributed by atoms with E-state index >= 15 is 0 Å². The van der Waals surface area contributed by atoms with Crippen molar-refractivity contribution in [3.05, 3.63) is 28.8 Å². The summed E-state index contributed by atoms with van der Waals surface area (Å²) in [5.41, 5.74) is 4.42. The molecule has 0 saturated heterocycles. The van der Waals surface area contributed by atoms with Crippen molar-refractivity contribution < 1.29 is 5.11 Å². The van der Waals surface area contributed by atoms with Crippen LogP contribution in [0, 0.1) is 0 Å². The van der Waals surface area contributed by atoms with Gasteiger partial charge in [-0.3, -0.25) is 0 Å². The summed E-state index contributed by atoms with van der Waals surface area (Å²) in [5, 5.41) is 10.7. The number of phenolic OH excluding ortho intramolecular Hbond substituents is 1. The monoisotopic (exact) mass is 298 g/mol. The maximum Gasteiger partial charge on any atom is 0.119 e. The summed E-state index contributed by atoms with van der Waals surface area (Å²) in [6.45, 7) is 0. The summed E-state index contributed by atoms with van der Waals surface area (Å²) >= 11 is 0. The van der Waals surface area contributed by atoms with Crippen molar-refractivity contribution in [3.8, 4) is 5.75 Å². The molecular formula is C21H30O. The molecule has 0 aliphatic heterocycles. The van der Waals surface area contributed by atoms with Gasteiger partial charge in [-0.05, 0) is 79.0 Å². The molecule has 0 aromatic heterocycles. The van der Waals surface area contributed by atoms with E-state index in [-0.39, 0.29) is 0 Å². The van der Waals surface area contributed by atoms with Crippen LogP contribution in [0.15, 0.2) is 12.1 Å². The summed E-state index contributed by atoms with van der Waals surface area (Å²) in [6, 6.07) is 4.65. The van der Waals surface area contributed by atoms with Crippen LogP contribution < -0.4 is 0 Å². The molecule has 1 heteroatoms. The highest BCUT2D eigenvalue weighted by atomic mass is 16.3. The Morgan fingerprint density at radius 3 is 1.36 bits per heavy atom. The van der Waals surface area contributed by atoms with Gasteiger partial charge < -0.3 is 5.11 Å². The molecule has 0 radical (unpaired) electrons. The van der Waals surface area contributed by atoms with Gasteiger partial charge in [0.1, 0.15) is 5.75 Å². The standard InChI is InChI=1S/C21H30O/c22-21-14-19(16-9-3-4-10-16)18(15-7-1-2-8-15)13-20(21)17-11-5-6-12-17/h13-17,22H,1-12H2. The zero-order chi connectivity index (χ0) is 14.9. The minimum atomic E-state index is 0.607. The van der Waals surface area contributed by atoms with Gasteiger partial charge in [-0.1, -0.05) is 44.6 Å². The third kappa shape index (κ3) is 2.68. The molecule has 1 aromatic carbocycles. The van der Waals surface area contributed by atoms with E-state index in [4.69, 9.17) is 0 Å². The van der Waals surface area contributed by atoms with E-state index in [0.717, 1.165) is 11.8 Å². The highest BCUT2D eigenvalue weighted by Crippen LogP contribution is 2.47. The highest BCUT2D eigenvalue weighted by molar-refractivity contribution is 5.47. The van der Waals surface area contributed by atoms with Crippen LogP contribution in [0.4, 0.5) is 0 Å². The molecule has 120 valence electrons. The van der Waals surface area contributed by atoms with Gasteiger partial charge >= 0.3 is 0 Å². The second kappa shape index (κ2) is 6.26. The second-order valence-corrected chi connectivity index (χ2v) is 7.98. The van der Waals surface area contributed by atoms with Crippen molar-refractivity contribution in [2.75, 3.05) is 0 Å². The second-order valence-electron chi connectivity index (χ2n) is 7.98. The Kier molecular flexibility index (Phi) is 4.15. The maximum absolute atomic E-state index is 10.7.